The second-order valence-electron chi connectivity index (χ2n) is 4.58. The highest BCUT2D eigenvalue weighted by Gasteiger charge is 2.21. The number of rotatable bonds is 5. The van der Waals surface area contributed by atoms with E-state index in [0.717, 1.165) is 25.4 Å². The molecule has 0 aliphatic carbocycles. The first kappa shape index (κ1) is 18.8. The highest BCUT2D eigenvalue weighted by molar-refractivity contribution is 5.75. The van der Waals surface area contributed by atoms with Gasteiger partial charge in [0.05, 0.1) is 17.9 Å². The maximum Gasteiger partial charge on any atom is 0.316 e. The van der Waals surface area contributed by atoms with Crippen LogP contribution in [0, 0.1) is 5.41 Å². The molecular formula is C14H24O4. The van der Waals surface area contributed by atoms with Gasteiger partial charge in [0.1, 0.15) is 0 Å². The van der Waals surface area contributed by atoms with Crippen LogP contribution in [-0.4, -0.2) is 11.9 Å². The molecule has 0 amide bonds. The Kier molecular flexibility index (Phi) is 11.0. The molecule has 18 heavy (non-hydrogen) atoms. The average Bonchev–Trinajstić information content (AvgIpc) is 2.27. The van der Waals surface area contributed by atoms with Crippen molar-refractivity contribution < 1.29 is 19.1 Å². The highest BCUT2D eigenvalue weighted by atomic mass is 16.5. The van der Waals surface area contributed by atoms with Crippen molar-refractivity contribution >= 4 is 11.9 Å². The largest absolute Gasteiger partial charge is 0.435 e. The number of esters is 2. The van der Waals surface area contributed by atoms with E-state index in [0.29, 0.717) is 6.42 Å². The summed E-state index contributed by atoms with van der Waals surface area (Å²) in [7, 11) is 0. The molecule has 0 rings (SSSR count). The van der Waals surface area contributed by atoms with Crippen molar-refractivity contribution in [1.82, 2.24) is 0 Å². The van der Waals surface area contributed by atoms with Crippen molar-refractivity contribution in [2.24, 2.45) is 5.41 Å². The van der Waals surface area contributed by atoms with Gasteiger partial charge in [-0.3, -0.25) is 9.59 Å². The number of hydrogen-bond donors (Lipinski definition) is 0. The molecule has 0 fully saturated rings. The molecule has 0 aromatic carbocycles. The Bertz CT molecular complexity index is 274. The zero-order valence-corrected chi connectivity index (χ0v) is 11.8. The maximum absolute atomic E-state index is 10.8. The van der Waals surface area contributed by atoms with E-state index in [1.807, 2.05) is 6.92 Å². The Morgan fingerprint density at radius 3 is 1.89 bits per heavy atom. The predicted molar refractivity (Wildman–Crippen MR) is 71.6 cm³/mol. The minimum absolute atomic E-state index is 0.188. The van der Waals surface area contributed by atoms with Gasteiger partial charge in [0.25, 0.3) is 0 Å². The molecule has 0 unspecified atom stereocenters. The van der Waals surface area contributed by atoms with E-state index in [9.17, 15) is 9.59 Å². The number of ether oxygens (including phenoxy) is 2. The first-order valence-electron chi connectivity index (χ1n) is 5.92. The van der Waals surface area contributed by atoms with Crippen LogP contribution in [0.5, 0.6) is 0 Å². The third kappa shape index (κ3) is 12.5. The molecule has 0 aromatic heterocycles. The standard InChI is InChI=1S/2C7H12O2/c1-5-9-6(8)7(2,3)4;1-3-5-6-7(8)9-4-2/h5H,1H2,2-4H3;4H,2-3,5-6H2,1H3. The molecule has 0 N–H and O–H groups in total. The topological polar surface area (TPSA) is 52.6 Å². The van der Waals surface area contributed by atoms with Crippen LogP contribution in [0.2, 0.25) is 0 Å². The molecule has 0 aliphatic heterocycles. The molecule has 0 atom stereocenters. The number of carbonyl (C=O) groups is 2. The van der Waals surface area contributed by atoms with Crippen molar-refractivity contribution in [2.75, 3.05) is 0 Å². The molecule has 0 radical (unpaired) electrons. The van der Waals surface area contributed by atoms with Crippen LogP contribution < -0.4 is 0 Å². The minimum Gasteiger partial charge on any atom is -0.435 e. The van der Waals surface area contributed by atoms with Gasteiger partial charge in [-0.25, -0.2) is 0 Å². The van der Waals surface area contributed by atoms with Crippen LogP contribution in [0.15, 0.2) is 25.7 Å². The van der Waals surface area contributed by atoms with Crippen molar-refractivity contribution in [2.45, 2.75) is 47.0 Å². The summed E-state index contributed by atoms with van der Waals surface area (Å²) in [6.07, 6.45) is 4.73. The van der Waals surface area contributed by atoms with Gasteiger partial charge in [0.2, 0.25) is 0 Å². The third-order valence-electron chi connectivity index (χ3n) is 1.75. The van der Waals surface area contributed by atoms with Gasteiger partial charge in [0.15, 0.2) is 0 Å². The normalized spacial score (nSPS) is 9.56. The summed E-state index contributed by atoms with van der Waals surface area (Å²) in [5.41, 5.74) is -0.422. The van der Waals surface area contributed by atoms with E-state index < -0.39 is 5.41 Å². The van der Waals surface area contributed by atoms with E-state index in [1.54, 1.807) is 20.8 Å². The number of hydrogen-bond acceptors (Lipinski definition) is 4. The molecule has 4 nitrogen and oxygen atoms in total. The second-order valence-corrected chi connectivity index (χ2v) is 4.58. The molecule has 0 saturated heterocycles. The predicted octanol–water partition coefficient (Wildman–Crippen LogP) is 3.58. The molecule has 104 valence electrons. The zero-order chi connectivity index (χ0) is 14.6. The van der Waals surface area contributed by atoms with Gasteiger partial charge in [-0.05, 0) is 27.2 Å². The van der Waals surface area contributed by atoms with Crippen molar-refractivity contribution in [3.63, 3.8) is 0 Å². The minimum atomic E-state index is -0.422. The van der Waals surface area contributed by atoms with Crippen LogP contribution >= 0.6 is 0 Å². The van der Waals surface area contributed by atoms with Crippen LogP contribution in [0.4, 0.5) is 0 Å². The number of carbonyl (C=O) groups excluding carboxylic acids is 2. The smallest absolute Gasteiger partial charge is 0.316 e. The summed E-state index contributed by atoms with van der Waals surface area (Å²) in [4.78, 5) is 21.3. The maximum atomic E-state index is 10.8. The fourth-order valence-electron chi connectivity index (χ4n) is 0.725. The van der Waals surface area contributed by atoms with E-state index >= 15 is 0 Å². The third-order valence-corrected chi connectivity index (χ3v) is 1.75. The fourth-order valence-corrected chi connectivity index (χ4v) is 0.725. The highest BCUT2D eigenvalue weighted by Crippen LogP contribution is 2.14. The molecule has 0 heterocycles. The van der Waals surface area contributed by atoms with E-state index in [2.05, 4.69) is 22.6 Å². The molecule has 0 aromatic rings. The second kappa shape index (κ2) is 10.6. The lowest BCUT2D eigenvalue weighted by atomic mass is 9.98. The summed E-state index contributed by atoms with van der Waals surface area (Å²) in [5, 5.41) is 0. The van der Waals surface area contributed by atoms with Gasteiger partial charge < -0.3 is 9.47 Å². The SMILES string of the molecule is C=COC(=O)C(C)(C)C.C=COC(=O)CCCC. The zero-order valence-electron chi connectivity index (χ0n) is 11.8. The molecule has 0 bridgehead atoms. The van der Waals surface area contributed by atoms with Crippen molar-refractivity contribution in [3.8, 4) is 0 Å². The average molecular weight is 256 g/mol. The van der Waals surface area contributed by atoms with Crippen LogP contribution in [0.1, 0.15) is 47.0 Å². The lowest BCUT2D eigenvalue weighted by Gasteiger charge is -2.13. The summed E-state index contributed by atoms with van der Waals surface area (Å²) in [6.45, 7) is 13.9. The Labute approximate surface area is 110 Å². The lowest BCUT2D eigenvalue weighted by Crippen LogP contribution is -2.20. The van der Waals surface area contributed by atoms with Crippen LogP contribution in [0.3, 0.4) is 0 Å². The Hall–Kier alpha value is -1.58. The Morgan fingerprint density at radius 2 is 1.61 bits per heavy atom. The van der Waals surface area contributed by atoms with E-state index in [-0.39, 0.29) is 11.9 Å². The van der Waals surface area contributed by atoms with Gasteiger partial charge >= 0.3 is 11.9 Å². The molecule has 4 heteroatoms. The fraction of sp³-hybridized carbons (Fsp3) is 0.571. The summed E-state index contributed by atoms with van der Waals surface area (Å²) in [5.74, 6) is -0.440. The lowest BCUT2D eigenvalue weighted by molar-refractivity contribution is -0.146. The molecule has 0 aliphatic rings. The van der Waals surface area contributed by atoms with Crippen LogP contribution in [0.25, 0.3) is 0 Å². The van der Waals surface area contributed by atoms with E-state index in [1.165, 1.54) is 0 Å². The summed E-state index contributed by atoms with van der Waals surface area (Å²) < 4.78 is 9.00. The molecule has 0 spiro atoms. The van der Waals surface area contributed by atoms with Crippen LogP contribution in [-0.2, 0) is 19.1 Å². The Morgan fingerprint density at radius 1 is 1.11 bits per heavy atom. The summed E-state index contributed by atoms with van der Waals surface area (Å²) in [6, 6.07) is 0. The van der Waals surface area contributed by atoms with Crippen molar-refractivity contribution in [3.05, 3.63) is 25.7 Å². The first-order chi connectivity index (χ1) is 8.29. The van der Waals surface area contributed by atoms with Gasteiger partial charge in [-0.2, -0.15) is 0 Å². The van der Waals surface area contributed by atoms with Crippen molar-refractivity contribution in [1.29, 1.82) is 0 Å². The van der Waals surface area contributed by atoms with Gasteiger partial charge in [-0.1, -0.05) is 26.5 Å². The first-order valence-corrected chi connectivity index (χ1v) is 5.92. The summed E-state index contributed by atoms with van der Waals surface area (Å²) >= 11 is 0. The van der Waals surface area contributed by atoms with Gasteiger partial charge in [0, 0.05) is 6.42 Å². The molecule has 0 saturated carbocycles. The van der Waals surface area contributed by atoms with E-state index in [4.69, 9.17) is 0 Å². The quantitative estimate of drug-likeness (QED) is 0.557. The number of unbranched alkanes of at least 4 members (excludes halogenated alkanes) is 1. The molecular weight excluding hydrogens is 232 g/mol. The monoisotopic (exact) mass is 256 g/mol. The van der Waals surface area contributed by atoms with Gasteiger partial charge in [-0.15, -0.1) is 0 Å². The Balaban J connectivity index is 0.